The Kier molecular flexibility index (Phi) is 2.66. The lowest BCUT2D eigenvalue weighted by Crippen LogP contribution is -2.20. The molecule has 0 aromatic heterocycles. The molecule has 2 heteroatoms. The first-order valence-corrected chi connectivity index (χ1v) is 5.11. The summed E-state index contributed by atoms with van der Waals surface area (Å²) in [7, 11) is 0. The third kappa shape index (κ3) is 1.50. The lowest BCUT2D eigenvalue weighted by molar-refractivity contribution is -0.00775. The van der Waals surface area contributed by atoms with Crippen molar-refractivity contribution in [2.75, 3.05) is 13.2 Å². The van der Waals surface area contributed by atoms with Crippen molar-refractivity contribution >= 4 is 0 Å². The van der Waals surface area contributed by atoms with Gasteiger partial charge in [0.1, 0.15) is 6.61 Å². The zero-order valence-corrected chi connectivity index (χ0v) is 7.50. The van der Waals surface area contributed by atoms with Gasteiger partial charge in [0.25, 0.3) is 0 Å². The highest BCUT2D eigenvalue weighted by Crippen LogP contribution is 2.45. The van der Waals surface area contributed by atoms with Crippen LogP contribution in [0.4, 0.5) is 0 Å². The minimum atomic E-state index is -0.0755. The average Bonchev–Trinajstić information content (AvgIpc) is 2.62. The van der Waals surface area contributed by atoms with E-state index in [0.29, 0.717) is 12.7 Å². The topological polar surface area (TPSA) is 29.1 Å². The van der Waals surface area contributed by atoms with Crippen molar-refractivity contribution in [3.05, 3.63) is 0 Å². The number of rotatable bonds is 3. The van der Waals surface area contributed by atoms with Gasteiger partial charge in [0.15, 0.2) is 0 Å². The van der Waals surface area contributed by atoms with Crippen LogP contribution in [0.1, 0.15) is 32.1 Å². The predicted octanol–water partition coefficient (Wildman–Crippen LogP) is 2.01. The van der Waals surface area contributed by atoms with Crippen LogP contribution in [-0.2, 0) is 9.84 Å². The second kappa shape index (κ2) is 3.75. The third-order valence-electron chi connectivity index (χ3n) is 3.43. The molecule has 69 valence electrons. The molecule has 2 aliphatic rings. The fourth-order valence-corrected chi connectivity index (χ4v) is 2.91. The normalized spacial score (nSPS) is 40.2. The van der Waals surface area contributed by atoms with Gasteiger partial charge >= 0.3 is 0 Å². The van der Waals surface area contributed by atoms with E-state index >= 15 is 0 Å². The molecule has 0 bridgehead atoms. The molecule has 0 amide bonds. The summed E-state index contributed by atoms with van der Waals surface area (Å²) in [5, 5.41) is 10.3. The highest BCUT2D eigenvalue weighted by Gasteiger charge is 2.39. The summed E-state index contributed by atoms with van der Waals surface area (Å²) in [5.41, 5.74) is 0. The molecule has 0 aromatic carbocycles. The predicted molar refractivity (Wildman–Crippen MR) is 45.4 cm³/mol. The van der Waals surface area contributed by atoms with E-state index in [1.165, 1.54) is 32.1 Å². The second-order valence-electron chi connectivity index (χ2n) is 4.05. The Balaban J connectivity index is 1.83. The van der Waals surface area contributed by atoms with Crippen molar-refractivity contribution in [3.63, 3.8) is 0 Å². The Morgan fingerprint density at radius 2 is 2.08 bits per heavy atom. The van der Waals surface area contributed by atoms with Gasteiger partial charge in [-0.15, -0.1) is 0 Å². The van der Waals surface area contributed by atoms with Crippen molar-refractivity contribution in [1.82, 2.24) is 0 Å². The molecule has 12 heavy (non-hydrogen) atoms. The Hall–Kier alpha value is -0.0800. The number of hydrogen-bond donors (Lipinski definition) is 0. The first kappa shape index (κ1) is 8.52. The molecule has 0 spiro atoms. The number of fused-ring (bicyclic) bond motifs is 1. The maximum absolute atomic E-state index is 10.3. The highest BCUT2D eigenvalue weighted by atomic mass is 16.5. The second-order valence-corrected chi connectivity index (χ2v) is 4.05. The first-order chi connectivity index (χ1) is 5.92. The molecule has 2 aliphatic carbocycles. The van der Waals surface area contributed by atoms with Crippen LogP contribution in [0, 0.1) is 11.8 Å². The maximum atomic E-state index is 10.3. The molecule has 3 atom stereocenters. The van der Waals surface area contributed by atoms with Gasteiger partial charge in [-0.05, 0) is 31.1 Å². The van der Waals surface area contributed by atoms with E-state index in [9.17, 15) is 5.11 Å². The molecule has 2 nitrogen and oxygen atoms in total. The minimum absolute atomic E-state index is 0.0755. The van der Waals surface area contributed by atoms with Crippen molar-refractivity contribution < 1.29 is 9.84 Å². The zero-order valence-electron chi connectivity index (χ0n) is 7.50. The third-order valence-corrected chi connectivity index (χ3v) is 3.43. The number of hydrogen-bond acceptors (Lipinski definition) is 1. The van der Waals surface area contributed by atoms with Gasteiger partial charge < -0.3 is 4.74 Å². The monoisotopic (exact) mass is 169 g/mol. The first-order valence-electron chi connectivity index (χ1n) is 5.11. The Morgan fingerprint density at radius 1 is 1.17 bits per heavy atom. The summed E-state index contributed by atoms with van der Waals surface area (Å²) in [6.07, 6.45) is 7.11. The fraction of sp³-hybridized carbons (Fsp3) is 1.00. The average molecular weight is 169 g/mol. The summed E-state index contributed by atoms with van der Waals surface area (Å²) in [4.78, 5) is 0. The van der Waals surface area contributed by atoms with E-state index in [0.717, 1.165) is 11.8 Å². The van der Waals surface area contributed by atoms with Crippen LogP contribution in [0.2, 0.25) is 0 Å². The molecule has 0 heterocycles. The Morgan fingerprint density at radius 3 is 2.92 bits per heavy atom. The van der Waals surface area contributed by atoms with Crippen LogP contribution in [0.3, 0.4) is 0 Å². The lowest BCUT2D eigenvalue weighted by atomic mass is 9.99. The molecule has 0 aliphatic heterocycles. The van der Waals surface area contributed by atoms with Gasteiger partial charge in [0.05, 0.1) is 12.7 Å². The molecule has 2 rings (SSSR count). The van der Waals surface area contributed by atoms with Gasteiger partial charge in [-0.3, -0.25) is 0 Å². The smallest absolute Gasteiger partial charge is 0.106 e. The minimum Gasteiger partial charge on any atom is -0.375 e. The van der Waals surface area contributed by atoms with Gasteiger partial charge in [-0.25, -0.2) is 5.11 Å². The van der Waals surface area contributed by atoms with E-state index in [2.05, 4.69) is 0 Å². The van der Waals surface area contributed by atoms with E-state index < -0.39 is 0 Å². The molecule has 0 N–H and O–H groups in total. The zero-order chi connectivity index (χ0) is 8.39. The van der Waals surface area contributed by atoms with E-state index in [1.54, 1.807) is 0 Å². The van der Waals surface area contributed by atoms with Crippen molar-refractivity contribution in [2.24, 2.45) is 11.8 Å². The maximum Gasteiger partial charge on any atom is 0.106 e. The Bertz CT molecular complexity index is 147. The molecule has 2 fully saturated rings. The summed E-state index contributed by atoms with van der Waals surface area (Å²) in [6, 6.07) is 0. The van der Waals surface area contributed by atoms with Crippen molar-refractivity contribution in [3.8, 4) is 0 Å². The van der Waals surface area contributed by atoms with E-state index in [4.69, 9.17) is 4.74 Å². The molecule has 2 saturated carbocycles. The molecule has 3 unspecified atom stereocenters. The van der Waals surface area contributed by atoms with Gasteiger partial charge in [0, 0.05) is 0 Å². The standard InChI is InChI=1S/C10H17O2/c11-6-7-12-10-5-4-8-2-1-3-9(8)10/h8-10H,1-7H2. The van der Waals surface area contributed by atoms with Crippen LogP contribution in [0.15, 0.2) is 0 Å². The van der Waals surface area contributed by atoms with Crippen LogP contribution in [0.25, 0.3) is 0 Å². The summed E-state index contributed by atoms with van der Waals surface area (Å²) in [5.74, 6) is 1.73. The summed E-state index contributed by atoms with van der Waals surface area (Å²) >= 11 is 0. The van der Waals surface area contributed by atoms with Gasteiger partial charge in [0.2, 0.25) is 0 Å². The van der Waals surface area contributed by atoms with Gasteiger partial charge in [-0.2, -0.15) is 0 Å². The SMILES string of the molecule is [O]CCOC1CCC2CCCC21. The largest absolute Gasteiger partial charge is 0.375 e. The molecular weight excluding hydrogens is 152 g/mol. The molecule has 0 aromatic rings. The van der Waals surface area contributed by atoms with Crippen LogP contribution in [-0.4, -0.2) is 19.3 Å². The van der Waals surface area contributed by atoms with Crippen LogP contribution >= 0.6 is 0 Å². The molecule has 1 radical (unpaired) electrons. The quantitative estimate of drug-likeness (QED) is 0.635. The summed E-state index contributed by atoms with van der Waals surface area (Å²) < 4.78 is 5.55. The van der Waals surface area contributed by atoms with E-state index in [-0.39, 0.29) is 6.61 Å². The van der Waals surface area contributed by atoms with Crippen LogP contribution in [0.5, 0.6) is 0 Å². The fourth-order valence-electron chi connectivity index (χ4n) is 2.91. The summed E-state index contributed by atoms with van der Waals surface area (Å²) in [6.45, 7) is 0.349. The van der Waals surface area contributed by atoms with Gasteiger partial charge in [-0.1, -0.05) is 12.8 Å². The number of ether oxygens (including phenoxy) is 1. The van der Waals surface area contributed by atoms with Crippen molar-refractivity contribution in [1.29, 1.82) is 0 Å². The highest BCUT2D eigenvalue weighted by molar-refractivity contribution is 4.89. The Labute approximate surface area is 73.9 Å². The van der Waals surface area contributed by atoms with Crippen molar-refractivity contribution in [2.45, 2.75) is 38.2 Å². The molecule has 0 saturated heterocycles. The van der Waals surface area contributed by atoms with E-state index in [1.807, 2.05) is 0 Å². The molecular formula is C10H17O2. The van der Waals surface area contributed by atoms with Crippen LogP contribution < -0.4 is 0 Å². The lowest BCUT2D eigenvalue weighted by Gasteiger charge is -2.18.